The van der Waals surface area contributed by atoms with Gasteiger partial charge in [0.05, 0.1) is 17.3 Å². The van der Waals surface area contributed by atoms with Crippen molar-refractivity contribution in [3.05, 3.63) is 30.2 Å². The van der Waals surface area contributed by atoms with Crippen LogP contribution in [0.15, 0.2) is 34.4 Å². The summed E-state index contributed by atoms with van der Waals surface area (Å²) in [7, 11) is 0. The molecule has 10 heteroatoms. The molecule has 1 aliphatic heterocycles. The number of hydrogen-bond acceptors (Lipinski definition) is 9. The Hall–Kier alpha value is -3.06. The molecule has 2 aromatic heterocycles. The predicted molar refractivity (Wildman–Crippen MR) is 119 cm³/mol. The zero-order valence-electron chi connectivity index (χ0n) is 18.2. The van der Waals surface area contributed by atoms with Gasteiger partial charge in [-0.15, -0.1) is 0 Å². The van der Waals surface area contributed by atoms with Gasteiger partial charge in [-0.05, 0) is 52.7 Å². The lowest BCUT2D eigenvalue weighted by Gasteiger charge is -2.40. The van der Waals surface area contributed by atoms with Crippen molar-refractivity contribution >= 4 is 29.5 Å². The first kappa shape index (κ1) is 22.6. The van der Waals surface area contributed by atoms with Crippen LogP contribution in [0, 0.1) is 11.3 Å². The maximum Gasteiger partial charge on any atom is 0.408 e. The fourth-order valence-electron chi connectivity index (χ4n) is 3.17. The van der Waals surface area contributed by atoms with Crippen LogP contribution in [0.3, 0.4) is 0 Å². The Morgan fingerprint density at radius 1 is 1.29 bits per heavy atom. The lowest BCUT2D eigenvalue weighted by molar-refractivity contribution is 0.0448. The number of aromatic nitrogens is 3. The molecule has 2 aromatic rings. The minimum absolute atomic E-state index is 0.267. The first-order chi connectivity index (χ1) is 14.6. The number of pyridine rings is 1. The van der Waals surface area contributed by atoms with Crippen LogP contribution in [-0.4, -0.2) is 45.3 Å². The fourth-order valence-corrected chi connectivity index (χ4v) is 3.93. The van der Waals surface area contributed by atoms with E-state index in [0.717, 1.165) is 31.7 Å². The summed E-state index contributed by atoms with van der Waals surface area (Å²) in [6.45, 7) is 9.07. The Labute approximate surface area is 186 Å². The molecule has 3 N–H and O–H groups in total. The van der Waals surface area contributed by atoms with E-state index in [2.05, 4.69) is 25.2 Å². The Balaban J connectivity index is 1.58. The highest BCUT2D eigenvalue weighted by Gasteiger charge is 2.33. The Bertz CT molecular complexity index is 975. The summed E-state index contributed by atoms with van der Waals surface area (Å²) in [5.41, 5.74) is 5.06. The Morgan fingerprint density at radius 3 is 2.58 bits per heavy atom. The predicted octanol–water partition coefficient (Wildman–Crippen LogP) is 3.36. The van der Waals surface area contributed by atoms with Gasteiger partial charge in [-0.2, -0.15) is 5.26 Å². The number of nitrogens with zero attached hydrogens (tertiary/aromatic N) is 5. The van der Waals surface area contributed by atoms with Crippen molar-refractivity contribution in [2.75, 3.05) is 23.7 Å². The maximum atomic E-state index is 12.1. The molecule has 0 saturated carbocycles. The van der Waals surface area contributed by atoms with Crippen LogP contribution in [-0.2, 0) is 4.74 Å². The number of carbonyl (C=O) groups excluding carboxylic acids is 1. The monoisotopic (exact) mass is 441 g/mol. The summed E-state index contributed by atoms with van der Waals surface area (Å²) in [5, 5.41) is 12.9. The summed E-state index contributed by atoms with van der Waals surface area (Å²) in [6, 6.07) is 5.45. The highest BCUT2D eigenvalue weighted by Crippen LogP contribution is 2.30. The third kappa shape index (κ3) is 6.21. The van der Waals surface area contributed by atoms with Crippen molar-refractivity contribution in [3.63, 3.8) is 0 Å². The second-order valence-electron chi connectivity index (χ2n) is 8.68. The van der Waals surface area contributed by atoms with Crippen molar-refractivity contribution in [1.29, 1.82) is 5.26 Å². The number of piperidine rings is 1. The number of alkyl carbamates (subject to hydrolysis) is 1. The smallest absolute Gasteiger partial charge is 0.408 e. The zero-order chi connectivity index (χ0) is 22.6. The van der Waals surface area contributed by atoms with E-state index in [-0.39, 0.29) is 11.2 Å². The van der Waals surface area contributed by atoms with E-state index in [9.17, 15) is 10.1 Å². The van der Waals surface area contributed by atoms with E-state index in [1.807, 2.05) is 33.8 Å². The highest BCUT2D eigenvalue weighted by molar-refractivity contribution is 7.99. The van der Waals surface area contributed by atoms with Crippen molar-refractivity contribution in [1.82, 2.24) is 20.3 Å². The molecule has 1 fully saturated rings. The van der Waals surface area contributed by atoms with Gasteiger partial charge in [0.15, 0.2) is 5.69 Å². The number of nitrogens with two attached hydrogens (primary N) is 1. The van der Waals surface area contributed by atoms with E-state index in [4.69, 9.17) is 10.5 Å². The van der Waals surface area contributed by atoms with Crippen molar-refractivity contribution in [2.24, 2.45) is 0 Å². The molecule has 1 aliphatic rings. The number of rotatable bonds is 4. The summed E-state index contributed by atoms with van der Waals surface area (Å²) in [4.78, 5) is 28.0. The van der Waals surface area contributed by atoms with Gasteiger partial charge in [-0.3, -0.25) is 0 Å². The molecule has 1 saturated heterocycles. The topological polar surface area (TPSA) is 130 Å². The third-order valence-corrected chi connectivity index (χ3v) is 5.78. The molecule has 0 aromatic carbocycles. The first-order valence-electron chi connectivity index (χ1n) is 9.99. The highest BCUT2D eigenvalue weighted by atomic mass is 32.2. The second kappa shape index (κ2) is 8.98. The van der Waals surface area contributed by atoms with E-state index < -0.39 is 11.7 Å². The van der Waals surface area contributed by atoms with Crippen molar-refractivity contribution in [3.8, 4) is 6.07 Å². The van der Waals surface area contributed by atoms with Crippen LogP contribution in [0.5, 0.6) is 0 Å². The van der Waals surface area contributed by atoms with Crippen LogP contribution >= 0.6 is 11.8 Å². The molecule has 0 bridgehead atoms. The van der Waals surface area contributed by atoms with Gasteiger partial charge in [0, 0.05) is 18.6 Å². The van der Waals surface area contributed by atoms with Crippen LogP contribution in [0.25, 0.3) is 0 Å². The summed E-state index contributed by atoms with van der Waals surface area (Å²) < 4.78 is 5.38. The SMILES string of the molecule is CC1(NC(=O)OC(C)(C)C)CCN(c2cnc(Sc3ccc(N)nc3C#N)cn2)CC1. The number of nitrogen functional groups attached to an aromatic ring is 1. The molecule has 3 heterocycles. The van der Waals surface area contributed by atoms with Crippen LogP contribution in [0.4, 0.5) is 16.4 Å². The van der Waals surface area contributed by atoms with E-state index in [0.29, 0.717) is 15.7 Å². The summed E-state index contributed by atoms with van der Waals surface area (Å²) in [5.74, 6) is 1.08. The second-order valence-corrected chi connectivity index (χ2v) is 9.75. The number of anilines is 2. The molecule has 0 atom stereocenters. The lowest BCUT2D eigenvalue weighted by atomic mass is 9.90. The van der Waals surface area contributed by atoms with Gasteiger partial charge in [-0.1, -0.05) is 11.8 Å². The standard InChI is InChI=1S/C21H27N7O2S/c1-20(2,3)30-19(29)27-21(4)7-9-28(10-8-21)17-12-25-18(13-24-17)31-15-5-6-16(23)26-14(15)11-22/h5-6,12-13H,7-10H2,1-4H3,(H2,23,26)(H,27,29). The first-order valence-corrected chi connectivity index (χ1v) is 10.8. The van der Waals surface area contributed by atoms with E-state index >= 15 is 0 Å². The van der Waals surface area contributed by atoms with E-state index in [1.54, 1.807) is 24.5 Å². The quantitative estimate of drug-likeness (QED) is 0.733. The molecule has 0 radical (unpaired) electrons. The average molecular weight is 442 g/mol. The molecule has 0 unspecified atom stereocenters. The number of ether oxygens (including phenoxy) is 1. The van der Waals surface area contributed by atoms with Gasteiger partial charge in [0.25, 0.3) is 0 Å². The molecule has 9 nitrogen and oxygen atoms in total. The largest absolute Gasteiger partial charge is 0.444 e. The number of hydrogen-bond donors (Lipinski definition) is 2. The summed E-state index contributed by atoms with van der Waals surface area (Å²) >= 11 is 1.32. The van der Waals surface area contributed by atoms with Gasteiger partial charge in [0.1, 0.15) is 28.3 Å². The van der Waals surface area contributed by atoms with Crippen LogP contribution in [0.1, 0.15) is 46.2 Å². The Kier molecular flexibility index (Phi) is 6.55. The molecular weight excluding hydrogens is 414 g/mol. The molecule has 31 heavy (non-hydrogen) atoms. The fraction of sp³-hybridized carbons (Fsp3) is 0.476. The third-order valence-electron chi connectivity index (χ3n) is 4.81. The van der Waals surface area contributed by atoms with E-state index in [1.165, 1.54) is 11.8 Å². The number of nitriles is 1. The average Bonchev–Trinajstić information content (AvgIpc) is 2.69. The van der Waals surface area contributed by atoms with Crippen LogP contribution < -0.4 is 16.0 Å². The maximum absolute atomic E-state index is 12.1. The number of carbonyl (C=O) groups is 1. The number of amides is 1. The van der Waals surface area contributed by atoms with Gasteiger partial charge in [0.2, 0.25) is 0 Å². The normalized spacial score (nSPS) is 15.8. The van der Waals surface area contributed by atoms with Gasteiger partial charge >= 0.3 is 6.09 Å². The molecule has 0 spiro atoms. The van der Waals surface area contributed by atoms with Crippen molar-refractivity contribution in [2.45, 2.75) is 61.6 Å². The van der Waals surface area contributed by atoms with Crippen molar-refractivity contribution < 1.29 is 9.53 Å². The minimum Gasteiger partial charge on any atom is -0.444 e. The lowest BCUT2D eigenvalue weighted by Crippen LogP contribution is -2.54. The molecule has 164 valence electrons. The van der Waals surface area contributed by atoms with Gasteiger partial charge in [-0.25, -0.2) is 19.7 Å². The van der Waals surface area contributed by atoms with Crippen LogP contribution in [0.2, 0.25) is 0 Å². The number of nitrogens with one attached hydrogen (secondary N) is 1. The molecule has 1 amide bonds. The zero-order valence-corrected chi connectivity index (χ0v) is 19.0. The Morgan fingerprint density at radius 2 is 2.00 bits per heavy atom. The molecule has 0 aliphatic carbocycles. The molecular formula is C21H27N7O2S. The minimum atomic E-state index is -0.521. The summed E-state index contributed by atoms with van der Waals surface area (Å²) in [6.07, 6.45) is 4.56. The molecule has 3 rings (SSSR count). The van der Waals surface area contributed by atoms with Gasteiger partial charge < -0.3 is 20.7 Å².